The van der Waals surface area contributed by atoms with Crippen molar-refractivity contribution in [2.75, 3.05) is 26.2 Å². The Kier molecular flexibility index (Phi) is 5.57. The number of carbonyl (C=O) groups is 1. The molecule has 0 radical (unpaired) electrons. The van der Waals surface area contributed by atoms with E-state index in [0.717, 1.165) is 29.4 Å². The molecule has 1 heterocycles. The summed E-state index contributed by atoms with van der Waals surface area (Å²) in [6.07, 6.45) is 2.24. The summed E-state index contributed by atoms with van der Waals surface area (Å²) in [4.78, 5) is 14.3. The van der Waals surface area contributed by atoms with E-state index in [1.54, 1.807) is 4.90 Å². The van der Waals surface area contributed by atoms with Crippen LogP contribution in [0.25, 0.3) is 0 Å². The molecule has 0 spiro atoms. The number of hydrogen-bond donors (Lipinski definition) is 2. The van der Waals surface area contributed by atoms with E-state index < -0.39 is 0 Å². The number of halogens is 1. The van der Waals surface area contributed by atoms with Gasteiger partial charge in [0, 0.05) is 23.6 Å². The molecule has 1 unspecified atom stereocenters. The maximum absolute atomic E-state index is 12.6. The highest BCUT2D eigenvalue weighted by Crippen LogP contribution is 2.20. The zero-order valence-corrected chi connectivity index (χ0v) is 13.3. The highest BCUT2D eigenvalue weighted by Gasteiger charge is 2.23. The van der Waals surface area contributed by atoms with Crippen LogP contribution in [0.4, 0.5) is 0 Å². The van der Waals surface area contributed by atoms with Crippen molar-refractivity contribution in [1.29, 1.82) is 0 Å². The van der Waals surface area contributed by atoms with Crippen molar-refractivity contribution in [3.63, 3.8) is 0 Å². The molecule has 2 N–H and O–H groups in total. The van der Waals surface area contributed by atoms with Gasteiger partial charge in [-0.25, -0.2) is 0 Å². The molecule has 5 heteroatoms. The number of carbonyl (C=O) groups excluding carboxylic acids is 1. The average Bonchev–Trinajstić information content (AvgIpc) is 2.90. The molecule has 1 aliphatic rings. The number of aryl methyl sites for hydroxylation is 1. The lowest BCUT2D eigenvalue weighted by Crippen LogP contribution is -2.42. The number of nitrogens with zero attached hydrogens (tertiary/aromatic N) is 1. The molecule has 4 nitrogen and oxygen atoms in total. The van der Waals surface area contributed by atoms with E-state index in [4.69, 9.17) is 0 Å². The lowest BCUT2D eigenvalue weighted by Gasteiger charge is -2.25. The van der Waals surface area contributed by atoms with Gasteiger partial charge in [-0.2, -0.15) is 0 Å². The SMILES string of the molecule is Cc1ccc(C(=O)N(CCO)CC2CCCN2)c(Br)c1. The molecular weight excluding hydrogens is 320 g/mol. The summed E-state index contributed by atoms with van der Waals surface area (Å²) in [5, 5.41) is 12.6. The topological polar surface area (TPSA) is 52.6 Å². The van der Waals surface area contributed by atoms with Gasteiger partial charge in [-0.15, -0.1) is 0 Å². The van der Waals surface area contributed by atoms with E-state index in [-0.39, 0.29) is 12.5 Å². The number of aliphatic hydroxyl groups is 1. The van der Waals surface area contributed by atoms with Gasteiger partial charge in [0.05, 0.1) is 12.2 Å². The molecule has 2 rings (SSSR count). The van der Waals surface area contributed by atoms with Gasteiger partial charge in [-0.05, 0) is 59.9 Å². The first-order chi connectivity index (χ1) is 9.61. The predicted molar refractivity (Wildman–Crippen MR) is 82.9 cm³/mol. The third kappa shape index (κ3) is 3.81. The first-order valence-electron chi connectivity index (χ1n) is 7.01. The first-order valence-corrected chi connectivity index (χ1v) is 7.81. The number of benzene rings is 1. The lowest BCUT2D eigenvalue weighted by atomic mass is 10.1. The Morgan fingerprint density at radius 2 is 2.35 bits per heavy atom. The summed E-state index contributed by atoms with van der Waals surface area (Å²) in [7, 11) is 0. The Labute approximate surface area is 128 Å². The largest absolute Gasteiger partial charge is 0.395 e. The Morgan fingerprint density at radius 3 is 2.95 bits per heavy atom. The van der Waals surface area contributed by atoms with Crippen molar-refractivity contribution in [3.8, 4) is 0 Å². The van der Waals surface area contributed by atoms with Gasteiger partial charge in [-0.1, -0.05) is 6.07 Å². The van der Waals surface area contributed by atoms with Crippen molar-refractivity contribution in [2.45, 2.75) is 25.8 Å². The van der Waals surface area contributed by atoms with E-state index in [9.17, 15) is 9.90 Å². The smallest absolute Gasteiger partial charge is 0.255 e. The van der Waals surface area contributed by atoms with E-state index >= 15 is 0 Å². The fourth-order valence-electron chi connectivity index (χ4n) is 2.54. The van der Waals surface area contributed by atoms with Crippen LogP contribution in [-0.4, -0.2) is 48.2 Å². The summed E-state index contributed by atoms with van der Waals surface area (Å²) in [6.45, 7) is 4.02. The van der Waals surface area contributed by atoms with Gasteiger partial charge in [-0.3, -0.25) is 4.79 Å². The highest BCUT2D eigenvalue weighted by atomic mass is 79.9. The molecule has 1 atom stereocenters. The van der Waals surface area contributed by atoms with Crippen LogP contribution < -0.4 is 5.32 Å². The summed E-state index contributed by atoms with van der Waals surface area (Å²) in [5.74, 6) is -0.0281. The van der Waals surface area contributed by atoms with Gasteiger partial charge >= 0.3 is 0 Å². The fourth-order valence-corrected chi connectivity index (χ4v) is 3.20. The molecule has 1 aromatic carbocycles. The number of hydrogen-bond acceptors (Lipinski definition) is 3. The normalized spacial score (nSPS) is 18.2. The summed E-state index contributed by atoms with van der Waals surface area (Å²) in [6, 6.07) is 6.06. The molecule has 110 valence electrons. The Hall–Kier alpha value is -0.910. The van der Waals surface area contributed by atoms with E-state index in [2.05, 4.69) is 21.2 Å². The molecule has 1 fully saturated rings. The van der Waals surface area contributed by atoms with Crippen molar-refractivity contribution in [2.24, 2.45) is 0 Å². The molecule has 1 amide bonds. The van der Waals surface area contributed by atoms with Gasteiger partial charge in [0.15, 0.2) is 0 Å². The number of aliphatic hydroxyl groups excluding tert-OH is 1. The van der Waals surface area contributed by atoms with Crippen LogP contribution >= 0.6 is 15.9 Å². The average molecular weight is 341 g/mol. The molecular formula is C15H21BrN2O2. The maximum atomic E-state index is 12.6. The minimum absolute atomic E-state index is 0.0120. The standard InChI is InChI=1S/C15H21BrN2O2/c1-11-4-5-13(14(16)9-11)15(20)18(7-8-19)10-12-3-2-6-17-12/h4-5,9,12,17,19H,2-3,6-8,10H2,1H3. The minimum Gasteiger partial charge on any atom is -0.395 e. The molecule has 1 saturated heterocycles. The van der Waals surface area contributed by atoms with Crippen LogP contribution in [0.2, 0.25) is 0 Å². The molecule has 0 aromatic heterocycles. The Balaban J connectivity index is 2.12. The third-order valence-corrected chi connectivity index (χ3v) is 4.27. The van der Waals surface area contributed by atoms with E-state index in [1.165, 1.54) is 0 Å². The van der Waals surface area contributed by atoms with Crippen molar-refractivity contribution in [1.82, 2.24) is 10.2 Å². The molecule has 0 bridgehead atoms. The van der Waals surface area contributed by atoms with Gasteiger partial charge in [0.2, 0.25) is 0 Å². The van der Waals surface area contributed by atoms with Gasteiger partial charge in [0.25, 0.3) is 5.91 Å². The van der Waals surface area contributed by atoms with Crippen LogP contribution in [0.1, 0.15) is 28.8 Å². The van der Waals surface area contributed by atoms with Crippen LogP contribution in [0, 0.1) is 6.92 Å². The lowest BCUT2D eigenvalue weighted by molar-refractivity contribution is 0.0705. The second kappa shape index (κ2) is 7.20. The predicted octanol–water partition coefficient (Wildman–Crippen LogP) is 1.94. The third-order valence-electron chi connectivity index (χ3n) is 3.62. The molecule has 1 aliphatic heterocycles. The second-order valence-electron chi connectivity index (χ2n) is 5.25. The number of rotatable bonds is 5. The molecule has 0 saturated carbocycles. The Bertz CT molecular complexity index is 473. The monoisotopic (exact) mass is 340 g/mol. The minimum atomic E-state index is -0.0281. The number of nitrogens with one attached hydrogen (secondary N) is 1. The molecule has 0 aliphatic carbocycles. The fraction of sp³-hybridized carbons (Fsp3) is 0.533. The summed E-state index contributed by atoms with van der Waals surface area (Å²) < 4.78 is 0.810. The molecule has 20 heavy (non-hydrogen) atoms. The molecule has 1 aromatic rings. The number of amides is 1. The quantitative estimate of drug-likeness (QED) is 0.861. The van der Waals surface area contributed by atoms with E-state index in [0.29, 0.717) is 24.7 Å². The van der Waals surface area contributed by atoms with Crippen molar-refractivity contribution < 1.29 is 9.90 Å². The summed E-state index contributed by atoms with van der Waals surface area (Å²) in [5.41, 5.74) is 1.77. The van der Waals surface area contributed by atoms with Gasteiger partial charge in [0.1, 0.15) is 0 Å². The van der Waals surface area contributed by atoms with Crippen LogP contribution in [0.5, 0.6) is 0 Å². The van der Waals surface area contributed by atoms with Crippen LogP contribution in [0.15, 0.2) is 22.7 Å². The van der Waals surface area contributed by atoms with Crippen molar-refractivity contribution >= 4 is 21.8 Å². The maximum Gasteiger partial charge on any atom is 0.255 e. The van der Waals surface area contributed by atoms with Gasteiger partial charge < -0.3 is 15.3 Å². The summed E-state index contributed by atoms with van der Waals surface area (Å²) >= 11 is 3.45. The highest BCUT2D eigenvalue weighted by molar-refractivity contribution is 9.10. The zero-order chi connectivity index (χ0) is 14.5. The van der Waals surface area contributed by atoms with E-state index in [1.807, 2.05) is 25.1 Å². The van der Waals surface area contributed by atoms with Crippen LogP contribution in [-0.2, 0) is 0 Å². The zero-order valence-electron chi connectivity index (χ0n) is 11.7. The first kappa shape index (κ1) is 15.5. The Morgan fingerprint density at radius 1 is 1.55 bits per heavy atom. The van der Waals surface area contributed by atoms with Crippen LogP contribution in [0.3, 0.4) is 0 Å². The second-order valence-corrected chi connectivity index (χ2v) is 6.11. The van der Waals surface area contributed by atoms with Crippen molar-refractivity contribution in [3.05, 3.63) is 33.8 Å².